The van der Waals surface area contributed by atoms with E-state index in [0.29, 0.717) is 12.3 Å². The molecule has 0 fully saturated rings. The Labute approximate surface area is 112 Å². The molecule has 0 unspecified atom stereocenters. The summed E-state index contributed by atoms with van der Waals surface area (Å²) in [7, 11) is 0. The highest BCUT2D eigenvalue weighted by Gasteiger charge is 2.14. The van der Waals surface area contributed by atoms with Crippen molar-refractivity contribution in [3.05, 3.63) is 30.3 Å². The van der Waals surface area contributed by atoms with Crippen LogP contribution in [0.4, 0.5) is 0 Å². The fraction of sp³-hybridized carbons (Fsp3) is 0.385. The molecule has 1 aromatic rings. The third kappa shape index (κ3) is 5.29. The molecule has 6 heteroatoms. The summed E-state index contributed by atoms with van der Waals surface area (Å²) in [5.41, 5.74) is 5.41. The molecule has 1 rings (SSSR count). The van der Waals surface area contributed by atoms with Crippen LogP contribution in [0.1, 0.15) is 13.3 Å². The SMILES string of the molecule is CCCN(CC(N)=NO)C(=O)COc1ccccc1. The van der Waals surface area contributed by atoms with Gasteiger partial charge in [-0.2, -0.15) is 0 Å². The van der Waals surface area contributed by atoms with Gasteiger partial charge in [0.1, 0.15) is 5.75 Å². The van der Waals surface area contributed by atoms with Crippen molar-refractivity contribution >= 4 is 11.7 Å². The summed E-state index contributed by atoms with van der Waals surface area (Å²) in [6, 6.07) is 9.10. The Hall–Kier alpha value is -2.24. The molecule has 1 aromatic carbocycles. The molecule has 6 nitrogen and oxygen atoms in total. The number of amides is 1. The second-order valence-electron chi connectivity index (χ2n) is 4.01. The van der Waals surface area contributed by atoms with E-state index in [9.17, 15) is 4.79 Å². The van der Waals surface area contributed by atoms with Crippen LogP contribution in [-0.2, 0) is 4.79 Å². The normalized spacial score (nSPS) is 11.1. The topological polar surface area (TPSA) is 88.1 Å². The maximum absolute atomic E-state index is 12.0. The first-order valence-electron chi connectivity index (χ1n) is 6.09. The summed E-state index contributed by atoms with van der Waals surface area (Å²) in [4.78, 5) is 13.5. The summed E-state index contributed by atoms with van der Waals surface area (Å²) < 4.78 is 5.38. The van der Waals surface area contributed by atoms with Crippen LogP contribution in [0.5, 0.6) is 5.75 Å². The molecule has 0 heterocycles. The van der Waals surface area contributed by atoms with E-state index in [1.807, 2.05) is 25.1 Å². The van der Waals surface area contributed by atoms with Gasteiger partial charge >= 0.3 is 0 Å². The Morgan fingerprint density at radius 3 is 2.68 bits per heavy atom. The van der Waals surface area contributed by atoms with Gasteiger partial charge in [0.05, 0.1) is 6.54 Å². The second-order valence-corrected chi connectivity index (χ2v) is 4.01. The van der Waals surface area contributed by atoms with E-state index < -0.39 is 0 Å². The lowest BCUT2D eigenvalue weighted by atomic mass is 10.3. The minimum Gasteiger partial charge on any atom is -0.484 e. The number of benzene rings is 1. The lowest BCUT2D eigenvalue weighted by molar-refractivity contribution is -0.132. The molecule has 0 radical (unpaired) electrons. The number of carbonyl (C=O) groups is 1. The van der Waals surface area contributed by atoms with Crippen molar-refractivity contribution in [2.45, 2.75) is 13.3 Å². The average molecular weight is 265 g/mol. The Bertz CT molecular complexity index is 420. The predicted molar refractivity (Wildman–Crippen MR) is 72.2 cm³/mol. The Morgan fingerprint density at radius 2 is 2.11 bits per heavy atom. The third-order valence-electron chi connectivity index (χ3n) is 2.43. The molecule has 0 aliphatic carbocycles. The number of amidine groups is 1. The van der Waals surface area contributed by atoms with Crippen molar-refractivity contribution in [3.8, 4) is 5.75 Å². The van der Waals surface area contributed by atoms with Crippen LogP contribution in [0, 0.1) is 0 Å². The first-order valence-corrected chi connectivity index (χ1v) is 6.09. The molecule has 0 spiro atoms. The third-order valence-corrected chi connectivity index (χ3v) is 2.43. The lowest BCUT2D eigenvalue weighted by Gasteiger charge is -2.21. The molecule has 3 N–H and O–H groups in total. The fourth-order valence-electron chi connectivity index (χ4n) is 1.54. The highest BCUT2D eigenvalue weighted by Crippen LogP contribution is 2.08. The number of carbonyl (C=O) groups excluding carboxylic acids is 1. The molecule has 0 aliphatic heterocycles. The van der Waals surface area contributed by atoms with E-state index in [1.165, 1.54) is 4.90 Å². The molecule has 0 aliphatic rings. The number of para-hydroxylation sites is 1. The molecular weight excluding hydrogens is 246 g/mol. The van der Waals surface area contributed by atoms with Crippen molar-refractivity contribution < 1.29 is 14.7 Å². The van der Waals surface area contributed by atoms with Crippen LogP contribution >= 0.6 is 0 Å². The Morgan fingerprint density at radius 1 is 1.42 bits per heavy atom. The first-order chi connectivity index (χ1) is 9.17. The van der Waals surface area contributed by atoms with Gasteiger partial charge in [-0.05, 0) is 18.6 Å². The number of rotatable bonds is 7. The number of nitrogens with zero attached hydrogens (tertiary/aromatic N) is 2. The van der Waals surface area contributed by atoms with E-state index in [-0.39, 0.29) is 24.9 Å². The van der Waals surface area contributed by atoms with Crippen LogP contribution in [0.3, 0.4) is 0 Å². The average Bonchev–Trinajstić information content (AvgIpc) is 2.45. The molecule has 19 heavy (non-hydrogen) atoms. The van der Waals surface area contributed by atoms with Gasteiger partial charge in [0.15, 0.2) is 12.4 Å². The quantitative estimate of drug-likeness (QED) is 0.334. The summed E-state index contributed by atoms with van der Waals surface area (Å²) in [5.74, 6) is 0.440. The Kier molecular flexibility index (Phi) is 6.21. The fourth-order valence-corrected chi connectivity index (χ4v) is 1.54. The first kappa shape index (κ1) is 14.8. The Balaban J connectivity index is 2.52. The lowest BCUT2D eigenvalue weighted by Crippen LogP contribution is -2.41. The van der Waals surface area contributed by atoms with Crippen molar-refractivity contribution in [2.24, 2.45) is 10.9 Å². The molecule has 0 saturated heterocycles. The molecular formula is C13H19N3O3. The largest absolute Gasteiger partial charge is 0.484 e. The minimum absolute atomic E-state index is 0.00140. The van der Waals surface area contributed by atoms with Gasteiger partial charge in [-0.1, -0.05) is 30.3 Å². The van der Waals surface area contributed by atoms with Crippen molar-refractivity contribution in [2.75, 3.05) is 19.7 Å². The van der Waals surface area contributed by atoms with Gasteiger partial charge in [0.2, 0.25) is 0 Å². The standard InChI is InChI=1S/C13H19N3O3/c1-2-8-16(9-12(14)15-18)13(17)10-19-11-6-4-3-5-7-11/h3-7,18H,2,8-10H2,1H3,(H2,14,15). The maximum atomic E-state index is 12.0. The van der Waals surface area contributed by atoms with E-state index in [4.69, 9.17) is 15.7 Å². The number of hydrogen-bond acceptors (Lipinski definition) is 4. The van der Waals surface area contributed by atoms with Crippen LogP contribution in [0.15, 0.2) is 35.5 Å². The summed E-state index contributed by atoms with van der Waals surface area (Å²) in [6.45, 7) is 2.52. The summed E-state index contributed by atoms with van der Waals surface area (Å²) in [6.07, 6.45) is 0.787. The summed E-state index contributed by atoms with van der Waals surface area (Å²) in [5, 5.41) is 11.4. The minimum atomic E-state index is -0.197. The van der Waals surface area contributed by atoms with Crippen molar-refractivity contribution in [1.29, 1.82) is 0 Å². The maximum Gasteiger partial charge on any atom is 0.260 e. The van der Waals surface area contributed by atoms with Crippen LogP contribution < -0.4 is 10.5 Å². The van der Waals surface area contributed by atoms with E-state index in [2.05, 4.69) is 5.16 Å². The summed E-state index contributed by atoms with van der Waals surface area (Å²) >= 11 is 0. The van der Waals surface area contributed by atoms with Crippen LogP contribution in [-0.4, -0.2) is 41.5 Å². The highest BCUT2D eigenvalue weighted by atomic mass is 16.5. The van der Waals surface area contributed by atoms with Crippen LogP contribution in [0.2, 0.25) is 0 Å². The van der Waals surface area contributed by atoms with Crippen LogP contribution in [0.25, 0.3) is 0 Å². The molecule has 0 bridgehead atoms. The van der Waals surface area contributed by atoms with E-state index in [1.54, 1.807) is 12.1 Å². The monoisotopic (exact) mass is 265 g/mol. The van der Waals surface area contributed by atoms with Gasteiger partial charge in [-0.15, -0.1) is 0 Å². The van der Waals surface area contributed by atoms with Gasteiger partial charge in [-0.3, -0.25) is 4.79 Å². The zero-order valence-corrected chi connectivity index (χ0v) is 11.0. The van der Waals surface area contributed by atoms with Gasteiger partial charge in [0.25, 0.3) is 5.91 Å². The van der Waals surface area contributed by atoms with Gasteiger partial charge < -0.3 is 20.6 Å². The van der Waals surface area contributed by atoms with E-state index >= 15 is 0 Å². The number of nitrogens with two attached hydrogens (primary N) is 1. The molecule has 104 valence electrons. The predicted octanol–water partition coefficient (Wildman–Crippen LogP) is 1.05. The molecule has 0 atom stereocenters. The number of ether oxygens (including phenoxy) is 1. The highest BCUT2D eigenvalue weighted by molar-refractivity contribution is 5.87. The van der Waals surface area contributed by atoms with Gasteiger partial charge in [0, 0.05) is 6.54 Å². The van der Waals surface area contributed by atoms with Crippen molar-refractivity contribution in [1.82, 2.24) is 4.90 Å². The molecule has 0 aromatic heterocycles. The smallest absolute Gasteiger partial charge is 0.260 e. The van der Waals surface area contributed by atoms with E-state index in [0.717, 1.165) is 6.42 Å². The molecule has 1 amide bonds. The van der Waals surface area contributed by atoms with Crippen molar-refractivity contribution in [3.63, 3.8) is 0 Å². The zero-order valence-electron chi connectivity index (χ0n) is 11.0. The number of oxime groups is 1. The molecule has 0 saturated carbocycles. The zero-order chi connectivity index (χ0) is 14.1. The number of hydrogen-bond donors (Lipinski definition) is 2. The second kappa shape index (κ2) is 7.97. The van der Waals surface area contributed by atoms with Gasteiger partial charge in [-0.25, -0.2) is 0 Å².